The second-order valence-electron chi connectivity index (χ2n) is 4.40. The molecule has 0 aliphatic heterocycles. The Morgan fingerprint density at radius 2 is 2.07 bits per heavy atom. The summed E-state index contributed by atoms with van der Waals surface area (Å²) in [6.07, 6.45) is 2.68. The van der Waals surface area contributed by atoms with Gasteiger partial charge in [0.2, 0.25) is 0 Å². The maximum atomic E-state index is 5.93. The lowest BCUT2D eigenvalue weighted by atomic mass is 10.1. The van der Waals surface area contributed by atoms with Crippen molar-refractivity contribution in [3.05, 3.63) is 23.0 Å². The summed E-state index contributed by atoms with van der Waals surface area (Å²) in [5.41, 5.74) is 2.17. The largest absolute Gasteiger partial charge is 0.379 e. The summed E-state index contributed by atoms with van der Waals surface area (Å²) >= 11 is 5.93. The first-order chi connectivity index (χ1) is 6.42. The second kappa shape index (κ2) is 4.18. The standard InChI is InChI=1S/C11H17ClN2/c1-5-8-6-9(7-13-10(8)12)14-11(2,3)4/h6-7,14H,5H2,1-4H3. The van der Waals surface area contributed by atoms with E-state index in [1.807, 2.05) is 0 Å². The molecule has 2 nitrogen and oxygen atoms in total. The average Bonchev–Trinajstić information content (AvgIpc) is 2.06. The van der Waals surface area contributed by atoms with Crippen LogP contribution in [0.5, 0.6) is 0 Å². The zero-order valence-electron chi connectivity index (χ0n) is 9.19. The highest BCUT2D eigenvalue weighted by molar-refractivity contribution is 6.30. The topological polar surface area (TPSA) is 24.9 Å². The van der Waals surface area contributed by atoms with Gasteiger partial charge in [0.15, 0.2) is 0 Å². The molecule has 1 aromatic heterocycles. The van der Waals surface area contributed by atoms with Gasteiger partial charge in [-0.3, -0.25) is 0 Å². The maximum absolute atomic E-state index is 5.93. The van der Waals surface area contributed by atoms with Crippen molar-refractivity contribution >= 4 is 17.3 Å². The first-order valence-electron chi connectivity index (χ1n) is 4.85. The van der Waals surface area contributed by atoms with Gasteiger partial charge >= 0.3 is 0 Å². The zero-order chi connectivity index (χ0) is 10.8. The number of pyridine rings is 1. The molecule has 0 saturated heterocycles. The first kappa shape index (κ1) is 11.3. The van der Waals surface area contributed by atoms with Crippen LogP contribution in [-0.2, 0) is 6.42 Å². The van der Waals surface area contributed by atoms with Crippen LogP contribution in [0.25, 0.3) is 0 Å². The third-order valence-electron chi connectivity index (χ3n) is 1.81. The molecule has 0 aliphatic carbocycles. The molecule has 1 rings (SSSR count). The van der Waals surface area contributed by atoms with Crippen LogP contribution in [0.15, 0.2) is 12.3 Å². The van der Waals surface area contributed by atoms with Gasteiger partial charge < -0.3 is 5.32 Å². The highest BCUT2D eigenvalue weighted by Gasteiger charge is 2.10. The Morgan fingerprint density at radius 3 is 2.57 bits per heavy atom. The van der Waals surface area contributed by atoms with Crippen molar-refractivity contribution in [2.75, 3.05) is 5.32 Å². The van der Waals surface area contributed by atoms with E-state index in [9.17, 15) is 0 Å². The monoisotopic (exact) mass is 212 g/mol. The van der Waals surface area contributed by atoms with Crippen LogP contribution >= 0.6 is 11.6 Å². The number of halogens is 1. The molecular formula is C11H17ClN2. The van der Waals surface area contributed by atoms with Gasteiger partial charge in [0.05, 0.1) is 11.9 Å². The van der Waals surface area contributed by atoms with E-state index in [-0.39, 0.29) is 5.54 Å². The van der Waals surface area contributed by atoms with Gasteiger partial charge in [-0.25, -0.2) is 4.98 Å². The molecule has 0 saturated carbocycles. The fourth-order valence-corrected chi connectivity index (χ4v) is 1.48. The third-order valence-corrected chi connectivity index (χ3v) is 2.15. The van der Waals surface area contributed by atoms with Crippen molar-refractivity contribution in [2.24, 2.45) is 0 Å². The summed E-state index contributed by atoms with van der Waals surface area (Å²) in [4.78, 5) is 4.14. The van der Waals surface area contributed by atoms with Crippen molar-refractivity contribution in [1.82, 2.24) is 4.98 Å². The molecule has 0 bridgehead atoms. The molecule has 1 aromatic rings. The molecule has 3 heteroatoms. The third kappa shape index (κ3) is 3.18. The molecule has 1 heterocycles. The van der Waals surface area contributed by atoms with Crippen LogP contribution < -0.4 is 5.32 Å². The quantitative estimate of drug-likeness (QED) is 0.759. The van der Waals surface area contributed by atoms with Crippen LogP contribution in [0, 0.1) is 0 Å². The predicted octanol–water partition coefficient (Wildman–Crippen LogP) is 3.51. The van der Waals surface area contributed by atoms with Gasteiger partial charge in [0, 0.05) is 5.54 Å². The van der Waals surface area contributed by atoms with E-state index >= 15 is 0 Å². The molecule has 0 radical (unpaired) electrons. The fraction of sp³-hybridized carbons (Fsp3) is 0.545. The Kier molecular flexibility index (Phi) is 3.38. The normalized spacial score (nSPS) is 11.5. The molecule has 0 atom stereocenters. The number of nitrogens with zero attached hydrogens (tertiary/aromatic N) is 1. The van der Waals surface area contributed by atoms with Gasteiger partial charge in [-0.2, -0.15) is 0 Å². The number of anilines is 1. The summed E-state index contributed by atoms with van der Waals surface area (Å²) in [7, 11) is 0. The molecule has 0 aliphatic rings. The van der Waals surface area contributed by atoms with E-state index in [0.29, 0.717) is 5.15 Å². The Balaban J connectivity index is 2.90. The first-order valence-corrected chi connectivity index (χ1v) is 5.23. The summed E-state index contributed by atoms with van der Waals surface area (Å²) in [6, 6.07) is 2.06. The van der Waals surface area contributed by atoms with Gasteiger partial charge in [0.25, 0.3) is 0 Å². The number of aryl methyl sites for hydroxylation is 1. The van der Waals surface area contributed by atoms with Gasteiger partial charge in [0.1, 0.15) is 5.15 Å². The van der Waals surface area contributed by atoms with Crippen LogP contribution in [-0.4, -0.2) is 10.5 Å². The summed E-state index contributed by atoms with van der Waals surface area (Å²) < 4.78 is 0. The molecule has 78 valence electrons. The van der Waals surface area contributed by atoms with Gasteiger partial charge in [-0.05, 0) is 38.8 Å². The number of hydrogen-bond donors (Lipinski definition) is 1. The van der Waals surface area contributed by atoms with E-state index < -0.39 is 0 Å². The maximum Gasteiger partial charge on any atom is 0.132 e. The number of aromatic nitrogens is 1. The number of nitrogens with one attached hydrogen (secondary N) is 1. The Hall–Kier alpha value is -0.760. The minimum atomic E-state index is 0.0561. The summed E-state index contributed by atoms with van der Waals surface area (Å²) in [6.45, 7) is 8.43. The van der Waals surface area contributed by atoms with Crippen molar-refractivity contribution < 1.29 is 0 Å². The molecule has 0 aromatic carbocycles. The van der Waals surface area contributed by atoms with Crippen LogP contribution in [0.1, 0.15) is 33.3 Å². The van der Waals surface area contributed by atoms with Crippen molar-refractivity contribution in [2.45, 2.75) is 39.7 Å². The van der Waals surface area contributed by atoms with Crippen molar-refractivity contribution in [3.8, 4) is 0 Å². The average molecular weight is 213 g/mol. The van der Waals surface area contributed by atoms with E-state index in [0.717, 1.165) is 17.7 Å². The number of hydrogen-bond acceptors (Lipinski definition) is 2. The Labute approximate surface area is 90.7 Å². The van der Waals surface area contributed by atoms with Crippen molar-refractivity contribution in [1.29, 1.82) is 0 Å². The van der Waals surface area contributed by atoms with E-state index in [1.54, 1.807) is 6.20 Å². The lowest BCUT2D eigenvalue weighted by Crippen LogP contribution is -2.26. The molecular weight excluding hydrogens is 196 g/mol. The van der Waals surface area contributed by atoms with Gasteiger partial charge in [-0.1, -0.05) is 18.5 Å². The Bertz CT molecular complexity index is 316. The highest BCUT2D eigenvalue weighted by atomic mass is 35.5. The van der Waals surface area contributed by atoms with E-state index in [2.05, 4.69) is 44.1 Å². The molecule has 0 unspecified atom stereocenters. The molecule has 1 N–H and O–H groups in total. The minimum absolute atomic E-state index is 0.0561. The SMILES string of the molecule is CCc1cc(NC(C)(C)C)cnc1Cl. The Morgan fingerprint density at radius 1 is 1.43 bits per heavy atom. The minimum Gasteiger partial charge on any atom is -0.379 e. The molecule has 0 amide bonds. The second-order valence-corrected chi connectivity index (χ2v) is 4.76. The van der Waals surface area contributed by atoms with E-state index in [4.69, 9.17) is 11.6 Å². The smallest absolute Gasteiger partial charge is 0.132 e. The summed E-state index contributed by atoms with van der Waals surface area (Å²) in [5, 5.41) is 3.97. The fourth-order valence-electron chi connectivity index (χ4n) is 1.24. The highest BCUT2D eigenvalue weighted by Crippen LogP contribution is 2.20. The molecule has 0 spiro atoms. The molecule has 0 fully saturated rings. The predicted molar refractivity (Wildman–Crippen MR) is 62.0 cm³/mol. The van der Waals surface area contributed by atoms with Crippen molar-refractivity contribution in [3.63, 3.8) is 0 Å². The van der Waals surface area contributed by atoms with Gasteiger partial charge in [-0.15, -0.1) is 0 Å². The van der Waals surface area contributed by atoms with Crippen LogP contribution in [0.2, 0.25) is 5.15 Å². The van der Waals surface area contributed by atoms with Crippen LogP contribution in [0.3, 0.4) is 0 Å². The molecule has 14 heavy (non-hydrogen) atoms. The lowest BCUT2D eigenvalue weighted by Gasteiger charge is -2.22. The lowest BCUT2D eigenvalue weighted by molar-refractivity contribution is 0.633. The van der Waals surface area contributed by atoms with E-state index in [1.165, 1.54) is 0 Å². The summed E-state index contributed by atoms with van der Waals surface area (Å²) in [5.74, 6) is 0. The van der Waals surface area contributed by atoms with Crippen LogP contribution in [0.4, 0.5) is 5.69 Å². The zero-order valence-corrected chi connectivity index (χ0v) is 9.94. The number of rotatable bonds is 2.